The number of aromatic nitrogens is 2. The van der Waals surface area contributed by atoms with Crippen LogP contribution in [0, 0.1) is 12.7 Å². The minimum absolute atomic E-state index is 0. The molecule has 7 heteroatoms. The molecule has 203 valence electrons. The van der Waals surface area contributed by atoms with Gasteiger partial charge >= 0.3 is 0 Å². The number of rotatable bonds is 5. The van der Waals surface area contributed by atoms with Gasteiger partial charge in [0.25, 0.3) is 0 Å². The third kappa shape index (κ3) is 5.54. The maximum Gasteiger partial charge on any atom is 0.104 e. The van der Waals surface area contributed by atoms with Gasteiger partial charge in [0.2, 0.25) is 0 Å². The Morgan fingerprint density at radius 3 is 2.26 bits per heavy atom. The van der Waals surface area contributed by atoms with Crippen LogP contribution in [-0.4, -0.2) is 44.3 Å². The summed E-state index contributed by atoms with van der Waals surface area (Å²) in [5, 5.41) is 17.1. The zero-order valence-electron chi connectivity index (χ0n) is 22.2. The molecule has 3 atom stereocenters. The van der Waals surface area contributed by atoms with Crippen LogP contribution in [-0.2, 0) is 25.5 Å². The number of fused-ring (bicyclic) bond motifs is 3. The average molecular weight is 697 g/mol. The summed E-state index contributed by atoms with van der Waals surface area (Å²) in [6.45, 7) is 5.33. The average Bonchev–Trinajstić information content (AvgIpc) is 3.49. The van der Waals surface area contributed by atoms with Crippen LogP contribution in [0.1, 0.15) is 42.8 Å². The molecule has 0 amide bonds. The van der Waals surface area contributed by atoms with Crippen LogP contribution in [0.4, 0.5) is 5.82 Å². The van der Waals surface area contributed by atoms with Crippen LogP contribution in [0.5, 0.6) is 0 Å². The number of anilines is 1. The van der Waals surface area contributed by atoms with Gasteiger partial charge in [0.1, 0.15) is 5.82 Å². The summed E-state index contributed by atoms with van der Waals surface area (Å²) in [4.78, 5) is 14.1. The van der Waals surface area contributed by atoms with E-state index in [0.717, 1.165) is 22.8 Å². The fourth-order valence-electron chi connectivity index (χ4n) is 5.25. The smallest absolute Gasteiger partial charge is 0.104 e. The van der Waals surface area contributed by atoms with Gasteiger partial charge in [-0.05, 0) is 69.5 Å². The first kappa shape index (κ1) is 28.7. The summed E-state index contributed by atoms with van der Waals surface area (Å²) < 4.78 is 0. The molecule has 2 unspecified atom stereocenters. The van der Waals surface area contributed by atoms with Crippen molar-refractivity contribution in [2.45, 2.75) is 37.9 Å². The molecule has 0 bridgehead atoms. The molecular weight excluding hydrogens is 665 g/mol. The van der Waals surface area contributed by atoms with Crippen molar-refractivity contribution < 1.29 is 30.3 Å². The summed E-state index contributed by atoms with van der Waals surface area (Å²) in [5.74, 6) is 0.871. The molecule has 6 nitrogen and oxygen atoms in total. The maximum atomic E-state index is 8.56. The summed E-state index contributed by atoms with van der Waals surface area (Å²) in [5.41, 5.74) is 5.94. The van der Waals surface area contributed by atoms with Crippen molar-refractivity contribution >= 4 is 5.82 Å². The monoisotopic (exact) mass is 697 g/mol. The SMILES string of the molecule is CC(O)CC(C)O.CN1C=CN(c2cccc([C@]3(c4ccccn4)c4[c-]cccc4-c4ccccc43)n2)[CH-]1.[Ir]. The van der Waals surface area contributed by atoms with E-state index in [4.69, 9.17) is 20.2 Å². The largest absolute Gasteiger partial charge is 0.510 e. The predicted octanol–water partition coefficient (Wildman–Crippen LogP) is 5.12. The fraction of sp³-hybridized carbons (Fsp3) is 0.219. The first-order valence-corrected chi connectivity index (χ1v) is 12.8. The van der Waals surface area contributed by atoms with Gasteiger partial charge in [0.15, 0.2) is 0 Å². The van der Waals surface area contributed by atoms with Crippen molar-refractivity contribution in [3.63, 3.8) is 0 Å². The minimum atomic E-state index is -0.625. The van der Waals surface area contributed by atoms with Crippen LogP contribution < -0.4 is 4.90 Å². The molecule has 39 heavy (non-hydrogen) atoms. The summed E-state index contributed by atoms with van der Waals surface area (Å²) in [7, 11) is 2.01. The third-order valence-corrected chi connectivity index (χ3v) is 6.74. The fourth-order valence-corrected chi connectivity index (χ4v) is 5.25. The molecule has 2 aliphatic rings. The standard InChI is InChI=1S/C27H20N4.C5H12O2.Ir/c1-30-17-18-31(19-30)26-15-8-14-25(29-26)27(24-13-6-7-16-28-24)22-11-4-2-9-20(22)21-10-3-5-12-23(21)27;1-4(6)3-5(2)7;/h2-11,13-19H,1H3;4-7H,3H2,1-2H3;/q-2;;/t27-;;/m0../s1. The first-order valence-electron chi connectivity index (χ1n) is 12.8. The predicted molar refractivity (Wildman–Crippen MR) is 150 cm³/mol. The quantitative estimate of drug-likeness (QED) is 0.249. The molecule has 1 aliphatic heterocycles. The third-order valence-electron chi connectivity index (χ3n) is 6.74. The summed E-state index contributed by atoms with van der Waals surface area (Å²) in [6.07, 6.45) is 5.61. The van der Waals surface area contributed by atoms with Gasteiger partial charge in [-0.15, -0.1) is 17.8 Å². The second-order valence-electron chi connectivity index (χ2n) is 9.77. The Morgan fingerprint density at radius 2 is 1.59 bits per heavy atom. The molecule has 3 heterocycles. The van der Waals surface area contributed by atoms with E-state index in [1.165, 1.54) is 16.7 Å². The molecule has 1 aliphatic carbocycles. The van der Waals surface area contributed by atoms with Gasteiger partial charge in [0, 0.05) is 26.3 Å². The second kappa shape index (κ2) is 12.2. The molecule has 0 saturated carbocycles. The number of pyridine rings is 2. The Morgan fingerprint density at radius 1 is 0.872 bits per heavy atom. The second-order valence-corrected chi connectivity index (χ2v) is 9.77. The summed E-state index contributed by atoms with van der Waals surface area (Å²) >= 11 is 0. The molecular formula is C32H32IrN4O2-2. The maximum absolute atomic E-state index is 8.56. The van der Waals surface area contributed by atoms with Gasteiger partial charge in [-0.3, -0.25) is 4.98 Å². The molecule has 0 spiro atoms. The minimum Gasteiger partial charge on any atom is -0.510 e. The molecule has 2 aromatic carbocycles. The Kier molecular flexibility index (Phi) is 8.98. The number of hydrogen-bond donors (Lipinski definition) is 2. The van der Waals surface area contributed by atoms with E-state index in [1.807, 2.05) is 72.4 Å². The van der Waals surface area contributed by atoms with Crippen LogP contribution >= 0.6 is 0 Å². The Labute approximate surface area is 244 Å². The number of benzene rings is 2. The van der Waals surface area contributed by atoms with Crippen LogP contribution in [0.15, 0.2) is 97.5 Å². The van der Waals surface area contributed by atoms with E-state index in [9.17, 15) is 0 Å². The molecule has 1 radical (unpaired) electrons. The van der Waals surface area contributed by atoms with Gasteiger partial charge < -0.3 is 20.0 Å². The van der Waals surface area contributed by atoms with Crippen molar-refractivity contribution in [1.29, 1.82) is 0 Å². The van der Waals surface area contributed by atoms with E-state index in [0.29, 0.717) is 6.42 Å². The topological polar surface area (TPSA) is 72.7 Å². The Bertz CT molecular complexity index is 1370. The van der Waals surface area contributed by atoms with Crippen LogP contribution in [0.2, 0.25) is 0 Å². The molecule has 0 saturated heterocycles. The Balaban J connectivity index is 0.000000394. The molecule has 2 aromatic heterocycles. The van der Waals surface area contributed by atoms with E-state index >= 15 is 0 Å². The van der Waals surface area contributed by atoms with Crippen LogP contribution in [0.25, 0.3) is 11.1 Å². The van der Waals surface area contributed by atoms with E-state index in [2.05, 4.69) is 54.6 Å². The van der Waals surface area contributed by atoms with Crippen LogP contribution in [0.3, 0.4) is 0 Å². The van der Waals surface area contributed by atoms with E-state index in [1.54, 1.807) is 13.8 Å². The van der Waals surface area contributed by atoms with Gasteiger partial charge in [0.05, 0.1) is 29.0 Å². The zero-order valence-corrected chi connectivity index (χ0v) is 24.6. The normalized spacial score (nSPS) is 18.4. The van der Waals surface area contributed by atoms with E-state index in [-0.39, 0.29) is 32.3 Å². The van der Waals surface area contributed by atoms with Crippen molar-refractivity contribution in [2.24, 2.45) is 0 Å². The number of hydrogen-bond acceptors (Lipinski definition) is 6. The molecule has 0 fully saturated rings. The number of aliphatic hydroxyl groups excluding tert-OH is 2. The molecule has 4 aromatic rings. The van der Waals surface area contributed by atoms with Gasteiger partial charge in [-0.1, -0.05) is 42.0 Å². The van der Waals surface area contributed by atoms with E-state index < -0.39 is 5.41 Å². The molecule has 6 rings (SSSR count). The van der Waals surface area contributed by atoms with Crippen molar-refractivity contribution in [1.82, 2.24) is 14.9 Å². The molecule has 2 N–H and O–H groups in total. The van der Waals surface area contributed by atoms with Crippen molar-refractivity contribution in [3.8, 4) is 11.1 Å². The number of nitrogens with zero attached hydrogens (tertiary/aromatic N) is 4. The van der Waals surface area contributed by atoms with Crippen molar-refractivity contribution in [2.75, 3.05) is 11.9 Å². The van der Waals surface area contributed by atoms with Crippen molar-refractivity contribution in [3.05, 3.63) is 133 Å². The number of aliphatic hydroxyl groups is 2. The Hall–Kier alpha value is -3.35. The van der Waals surface area contributed by atoms with Gasteiger partial charge in [-0.2, -0.15) is 24.3 Å². The first-order chi connectivity index (χ1) is 18.4. The zero-order chi connectivity index (χ0) is 26.7. The summed E-state index contributed by atoms with van der Waals surface area (Å²) in [6, 6.07) is 30.6. The van der Waals surface area contributed by atoms with Gasteiger partial charge in [-0.25, -0.2) is 4.98 Å².